The minimum Gasteiger partial charge on any atom is -0.474 e. The molecule has 12 heteroatoms. The molecule has 0 bridgehead atoms. The predicted molar refractivity (Wildman–Crippen MR) is 126 cm³/mol. The Labute approximate surface area is 208 Å². The van der Waals surface area contributed by atoms with Crippen molar-refractivity contribution in [2.45, 2.75) is 63.0 Å². The van der Waals surface area contributed by atoms with E-state index in [4.69, 9.17) is 0 Å². The normalized spacial score (nSPS) is 13.6. The number of carboxylic acids is 1. The molecule has 2 aromatic rings. The van der Waals surface area contributed by atoms with Crippen molar-refractivity contribution in [3.8, 4) is 0 Å². The van der Waals surface area contributed by atoms with E-state index in [1.54, 1.807) is 6.07 Å². The number of benzene rings is 1. The lowest BCUT2D eigenvalue weighted by Gasteiger charge is -2.21. The zero-order chi connectivity index (χ0) is 26.2. The van der Waals surface area contributed by atoms with Gasteiger partial charge in [0.15, 0.2) is 11.0 Å². The molecule has 0 aliphatic heterocycles. The van der Waals surface area contributed by atoms with Gasteiger partial charge in [0.2, 0.25) is 0 Å². The predicted octanol–water partition coefficient (Wildman–Crippen LogP) is 5.31. The Morgan fingerprint density at radius 1 is 1.14 bits per heavy atom. The average Bonchev–Trinajstić information content (AvgIpc) is 3.28. The lowest BCUT2D eigenvalue weighted by atomic mass is 10.00. The quantitative estimate of drug-likeness (QED) is 0.284. The Morgan fingerprint density at radius 3 is 2.46 bits per heavy atom. The highest BCUT2D eigenvalue weighted by Gasteiger charge is 2.31. The number of thiophene rings is 1. The molecule has 7 nitrogen and oxygen atoms in total. The van der Waals surface area contributed by atoms with E-state index in [1.807, 2.05) is 6.92 Å². The zero-order valence-electron chi connectivity index (χ0n) is 19.5. The largest absolute Gasteiger partial charge is 0.474 e. The van der Waals surface area contributed by atoms with Crippen molar-refractivity contribution in [2.24, 2.45) is 5.92 Å². The Morgan fingerprint density at radius 2 is 1.86 bits per heavy atom. The molecule has 0 fully saturated rings. The highest BCUT2D eigenvalue weighted by atomic mass is 32.2. The lowest BCUT2D eigenvalue weighted by molar-refractivity contribution is -0.156. The number of hydroxylamine groups is 1. The molecule has 0 saturated carbocycles. The fourth-order valence-corrected chi connectivity index (χ4v) is 5.79. The van der Waals surface area contributed by atoms with E-state index in [1.165, 1.54) is 18.2 Å². The summed E-state index contributed by atoms with van der Waals surface area (Å²) in [6.45, 7) is 3.74. The number of unbranched alkanes of at least 4 members (excludes halogenated alkanes) is 1. The molecule has 0 aliphatic rings. The number of alkyl halides is 3. The van der Waals surface area contributed by atoms with Gasteiger partial charge in [-0.3, -0.25) is 4.79 Å². The second-order valence-electron chi connectivity index (χ2n) is 8.09. The molecule has 2 N–H and O–H groups in total. The van der Waals surface area contributed by atoms with E-state index in [0.29, 0.717) is 9.09 Å². The maximum absolute atomic E-state index is 13.0. The standard InChI is InChI=1S/C23H29F3N2O5S2/c1-3-5-7-16(4-2)14-28(32)35(33)20-11-10-19(34-20)15-27(21(29)22(30)31)13-17-8-6-9-18(12-17)23(24,25)26/h6,8-12,16,32H,3-5,7,13-15H2,1-2H3,(H,30,31). The molecule has 1 aromatic heterocycles. The Hall–Kier alpha value is -2.28. The van der Waals surface area contributed by atoms with Crippen LogP contribution in [0.2, 0.25) is 0 Å². The van der Waals surface area contributed by atoms with Crippen LogP contribution in [0.3, 0.4) is 0 Å². The maximum atomic E-state index is 13.0. The van der Waals surface area contributed by atoms with E-state index in [0.717, 1.165) is 58.5 Å². The van der Waals surface area contributed by atoms with Crippen molar-refractivity contribution >= 4 is 34.2 Å². The van der Waals surface area contributed by atoms with Gasteiger partial charge in [0.1, 0.15) is 4.21 Å². The van der Waals surface area contributed by atoms with Gasteiger partial charge in [0.25, 0.3) is 0 Å². The summed E-state index contributed by atoms with van der Waals surface area (Å²) in [4.78, 5) is 24.9. The molecule has 35 heavy (non-hydrogen) atoms. The molecule has 194 valence electrons. The molecule has 2 unspecified atom stereocenters. The molecule has 2 rings (SSSR count). The smallest absolute Gasteiger partial charge is 0.416 e. The van der Waals surface area contributed by atoms with Gasteiger partial charge in [-0.15, -0.1) is 15.8 Å². The van der Waals surface area contributed by atoms with Crippen molar-refractivity contribution in [1.82, 2.24) is 9.37 Å². The average molecular weight is 535 g/mol. The molecule has 1 aromatic carbocycles. The molecule has 1 heterocycles. The Balaban J connectivity index is 2.15. The van der Waals surface area contributed by atoms with Gasteiger partial charge in [-0.25, -0.2) is 9.00 Å². The first-order valence-corrected chi connectivity index (χ1v) is 13.0. The first-order valence-electron chi connectivity index (χ1n) is 11.1. The van der Waals surface area contributed by atoms with Gasteiger partial charge in [0.05, 0.1) is 12.1 Å². The van der Waals surface area contributed by atoms with Crippen LogP contribution in [0.4, 0.5) is 13.2 Å². The van der Waals surface area contributed by atoms with Crippen LogP contribution < -0.4 is 0 Å². The number of amides is 1. The monoisotopic (exact) mass is 534 g/mol. The summed E-state index contributed by atoms with van der Waals surface area (Å²) in [6, 6.07) is 7.38. The van der Waals surface area contributed by atoms with Crippen LogP contribution in [0, 0.1) is 5.92 Å². The van der Waals surface area contributed by atoms with Crippen LogP contribution in [0.5, 0.6) is 0 Å². The second-order valence-corrected chi connectivity index (χ2v) is 10.9. The first-order chi connectivity index (χ1) is 16.5. The maximum Gasteiger partial charge on any atom is 0.416 e. The molecule has 0 spiro atoms. The third-order valence-electron chi connectivity index (χ3n) is 5.40. The minimum atomic E-state index is -4.58. The number of carboxylic acid groups (broad SMARTS) is 1. The Kier molecular flexibility index (Phi) is 10.9. The zero-order valence-corrected chi connectivity index (χ0v) is 21.1. The van der Waals surface area contributed by atoms with Gasteiger partial charge >= 0.3 is 18.1 Å². The van der Waals surface area contributed by atoms with Gasteiger partial charge in [-0.05, 0) is 42.2 Å². The van der Waals surface area contributed by atoms with Crippen LogP contribution in [-0.2, 0) is 39.8 Å². The van der Waals surface area contributed by atoms with Crippen molar-refractivity contribution in [1.29, 1.82) is 0 Å². The van der Waals surface area contributed by atoms with Gasteiger partial charge < -0.3 is 15.2 Å². The third-order valence-corrected chi connectivity index (χ3v) is 7.96. The topological polar surface area (TPSA) is 98.2 Å². The van der Waals surface area contributed by atoms with E-state index >= 15 is 0 Å². The van der Waals surface area contributed by atoms with Crippen LogP contribution in [0.1, 0.15) is 55.5 Å². The Bertz CT molecular complexity index is 1030. The summed E-state index contributed by atoms with van der Waals surface area (Å²) in [6.07, 6.45) is -0.828. The van der Waals surface area contributed by atoms with E-state index in [2.05, 4.69) is 6.92 Å². The van der Waals surface area contributed by atoms with Crippen molar-refractivity contribution < 1.29 is 37.3 Å². The summed E-state index contributed by atoms with van der Waals surface area (Å²) < 4.78 is 52.9. The molecular formula is C23H29F3N2O5S2. The van der Waals surface area contributed by atoms with Crippen molar-refractivity contribution in [3.05, 3.63) is 52.4 Å². The number of aliphatic carboxylic acids is 1. The van der Waals surface area contributed by atoms with Gasteiger partial charge in [0, 0.05) is 18.0 Å². The number of halogens is 3. The number of carbonyl (C=O) groups is 2. The summed E-state index contributed by atoms with van der Waals surface area (Å²) in [5.41, 5.74) is -0.784. The second kappa shape index (κ2) is 13.1. The number of hydrogen-bond acceptors (Lipinski definition) is 5. The third kappa shape index (κ3) is 8.71. The number of rotatable bonds is 12. The molecule has 0 radical (unpaired) electrons. The summed E-state index contributed by atoms with van der Waals surface area (Å²) in [5.74, 6) is -2.83. The molecular weight excluding hydrogens is 505 g/mol. The van der Waals surface area contributed by atoms with E-state index in [9.17, 15) is 37.3 Å². The highest BCUT2D eigenvalue weighted by Crippen LogP contribution is 2.30. The lowest BCUT2D eigenvalue weighted by Crippen LogP contribution is -2.35. The molecule has 1 amide bonds. The minimum absolute atomic E-state index is 0.119. The molecule has 0 saturated heterocycles. The fraction of sp³-hybridized carbons (Fsp3) is 0.478. The van der Waals surface area contributed by atoms with E-state index in [-0.39, 0.29) is 31.1 Å². The fourth-order valence-electron chi connectivity index (χ4n) is 3.44. The highest BCUT2D eigenvalue weighted by molar-refractivity contribution is 7.84. The van der Waals surface area contributed by atoms with Crippen LogP contribution in [0.25, 0.3) is 0 Å². The number of hydrogen-bond donors (Lipinski definition) is 2. The van der Waals surface area contributed by atoms with Gasteiger partial charge in [-0.1, -0.05) is 45.2 Å². The van der Waals surface area contributed by atoms with Crippen molar-refractivity contribution in [3.63, 3.8) is 0 Å². The van der Waals surface area contributed by atoms with Crippen LogP contribution in [-0.4, -0.2) is 42.3 Å². The van der Waals surface area contributed by atoms with E-state index < -0.39 is 34.6 Å². The van der Waals surface area contributed by atoms with Crippen molar-refractivity contribution in [2.75, 3.05) is 6.54 Å². The molecule has 0 aliphatic carbocycles. The summed E-state index contributed by atoms with van der Waals surface area (Å²) in [7, 11) is -1.86. The molecule has 2 atom stereocenters. The summed E-state index contributed by atoms with van der Waals surface area (Å²) in [5, 5.41) is 19.5. The van der Waals surface area contributed by atoms with Crippen LogP contribution >= 0.6 is 11.3 Å². The summed E-state index contributed by atoms with van der Waals surface area (Å²) >= 11 is 1.03. The van der Waals surface area contributed by atoms with Crippen LogP contribution in [0.15, 0.2) is 40.6 Å². The SMILES string of the molecule is CCCCC(CC)CN(O)S(=O)c1ccc(CN(Cc2cccc(C(F)(F)F)c2)C(=O)C(=O)O)s1. The number of nitrogens with zero attached hydrogens (tertiary/aromatic N) is 2. The van der Waals surface area contributed by atoms with Gasteiger partial charge in [-0.2, -0.15) is 13.2 Å². The number of carbonyl (C=O) groups excluding carboxylic acids is 1. The first kappa shape index (κ1) is 29.0.